The summed E-state index contributed by atoms with van der Waals surface area (Å²) in [6.45, 7) is 4.41. The molecule has 2 aliphatic rings. The Morgan fingerprint density at radius 2 is 1.71 bits per heavy atom. The SMILES string of the molecule is Cl.Cl.NC(C(=O)N1CCN(c2ccc3ccccc3n2)CC1)C1CCOCC1. The number of para-hydroxylation sites is 1. The molecule has 2 saturated heterocycles. The minimum Gasteiger partial charge on any atom is -0.381 e. The summed E-state index contributed by atoms with van der Waals surface area (Å²) in [5.41, 5.74) is 7.26. The highest BCUT2D eigenvalue weighted by molar-refractivity contribution is 5.85. The van der Waals surface area contributed by atoms with E-state index in [1.807, 2.05) is 23.1 Å². The Kier molecular flexibility index (Phi) is 8.31. The third kappa shape index (κ3) is 4.87. The maximum absolute atomic E-state index is 12.7. The number of amides is 1. The van der Waals surface area contributed by atoms with Crippen LogP contribution in [0.1, 0.15) is 12.8 Å². The van der Waals surface area contributed by atoms with Gasteiger partial charge in [-0.1, -0.05) is 18.2 Å². The zero-order chi connectivity index (χ0) is 17.9. The molecule has 2 N–H and O–H groups in total. The molecule has 6 nitrogen and oxygen atoms in total. The molecule has 1 amide bonds. The van der Waals surface area contributed by atoms with Crippen LogP contribution < -0.4 is 10.6 Å². The van der Waals surface area contributed by atoms with Gasteiger partial charge in [0.05, 0.1) is 11.6 Å². The van der Waals surface area contributed by atoms with Gasteiger partial charge in [-0.15, -0.1) is 24.8 Å². The van der Waals surface area contributed by atoms with Gasteiger partial charge in [-0.05, 0) is 37.0 Å². The Labute approximate surface area is 178 Å². The third-order valence-electron chi connectivity index (χ3n) is 5.56. The Balaban J connectivity index is 0.00000140. The lowest BCUT2D eigenvalue weighted by Gasteiger charge is -2.38. The van der Waals surface area contributed by atoms with Crippen LogP contribution in [0.5, 0.6) is 0 Å². The summed E-state index contributed by atoms with van der Waals surface area (Å²) in [6.07, 6.45) is 1.77. The van der Waals surface area contributed by atoms with Crippen LogP contribution in [-0.2, 0) is 9.53 Å². The third-order valence-corrected chi connectivity index (χ3v) is 5.56. The van der Waals surface area contributed by atoms with E-state index in [1.165, 1.54) is 0 Å². The second kappa shape index (κ2) is 10.3. The van der Waals surface area contributed by atoms with Crippen LogP contribution in [0.15, 0.2) is 36.4 Å². The van der Waals surface area contributed by atoms with E-state index in [0.717, 1.165) is 42.7 Å². The quantitative estimate of drug-likeness (QED) is 0.815. The zero-order valence-electron chi connectivity index (χ0n) is 15.8. The second-order valence-corrected chi connectivity index (χ2v) is 7.15. The van der Waals surface area contributed by atoms with E-state index in [9.17, 15) is 4.79 Å². The number of hydrogen-bond donors (Lipinski definition) is 1. The van der Waals surface area contributed by atoms with Crippen molar-refractivity contribution in [2.24, 2.45) is 11.7 Å². The highest BCUT2D eigenvalue weighted by atomic mass is 35.5. The molecule has 1 atom stereocenters. The van der Waals surface area contributed by atoms with Gasteiger partial charge in [0.15, 0.2) is 0 Å². The van der Waals surface area contributed by atoms with Crippen LogP contribution in [-0.4, -0.2) is 61.2 Å². The Hall–Kier alpha value is -1.60. The van der Waals surface area contributed by atoms with Gasteiger partial charge in [-0.2, -0.15) is 0 Å². The van der Waals surface area contributed by atoms with Gasteiger partial charge in [-0.25, -0.2) is 4.98 Å². The minimum absolute atomic E-state index is 0. The number of ether oxygens (including phenoxy) is 1. The van der Waals surface area contributed by atoms with Crippen molar-refractivity contribution in [3.05, 3.63) is 36.4 Å². The molecule has 0 saturated carbocycles. The largest absolute Gasteiger partial charge is 0.381 e. The van der Waals surface area contributed by atoms with E-state index in [4.69, 9.17) is 15.5 Å². The molecule has 28 heavy (non-hydrogen) atoms. The number of rotatable bonds is 3. The fourth-order valence-corrected chi connectivity index (χ4v) is 3.87. The van der Waals surface area contributed by atoms with Crippen LogP contribution >= 0.6 is 24.8 Å². The average molecular weight is 427 g/mol. The van der Waals surface area contributed by atoms with Crippen molar-refractivity contribution in [2.75, 3.05) is 44.3 Å². The highest BCUT2D eigenvalue weighted by Gasteiger charge is 2.31. The van der Waals surface area contributed by atoms with Crippen LogP contribution in [0.25, 0.3) is 10.9 Å². The van der Waals surface area contributed by atoms with Gasteiger partial charge in [-0.3, -0.25) is 4.79 Å². The summed E-state index contributed by atoms with van der Waals surface area (Å²) in [5, 5.41) is 1.15. The molecule has 1 unspecified atom stereocenters. The Morgan fingerprint density at radius 1 is 1.04 bits per heavy atom. The number of hydrogen-bond acceptors (Lipinski definition) is 5. The standard InChI is InChI=1S/C20H26N4O2.2ClH/c21-19(16-7-13-26-14-8-16)20(25)24-11-9-23(10-12-24)18-6-5-15-3-1-2-4-17(15)22-18;;/h1-6,16,19H,7-14,21H2;2*1H. The predicted molar refractivity (Wildman–Crippen MR) is 117 cm³/mol. The van der Waals surface area contributed by atoms with E-state index >= 15 is 0 Å². The molecule has 0 spiro atoms. The first-order valence-electron chi connectivity index (χ1n) is 9.45. The number of anilines is 1. The summed E-state index contributed by atoms with van der Waals surface area (Å²) in [6, 6.07) is 11.9. The maximum atomic E-state index is 12.7. The van der Waals surface area contributed by atoms with Gasteiger partial charge in [0.25, 0.3) is 0 Å². The predicted octanol–water partition coefficient (Wildman–Crippen LogP) is 2.48. The normalized spacial score (nSPS) is 18.9. The average Bonchev–Trinajstić information content (AvgIpc) is 2.73. The monoisotopic (exact) mass is 426 g/mol. The number of aromatic nitrogens is 1. The van der Waals surface area contributed by atoms with E-state index in [-0.39, 0.29) is 36.6 Å². The van der Waals surface area contributed by atoms with Crippen LogP contribution in [0.2, 0.25) is 0 Å². The number of benzene rings is 1. The van der Waals surface area contributed by atoms with Gasteiger partial charge in [0, 0.05) is 44.8 Å². The molecule has 0 radical (unpaired) electrons. The summed E-state index contributed by atoms with van der Waals surface area (Å²) >= 11 is 0. The van der Waals surface area contributed by atoms with Crippen LogP contribution in [0, 0.1) is 5.92 Å². The molecule has 8 heteroatoms. The molecule has 154 valence electrons. The Morgan fingerprint density at radius 3 is 2.43 bits per heavy atom. The van der Waals surface area contributed by atoms with Gasteiger partial charge < -0.3 is 20.3 Å². The molecule has 1 aromatic heterocycles. The topological polar surface area (TPSA) is 71.7 Å². The van der Waals surface area contributed by atoms with Crippen molar-refractivity contribution in [3.63, 3.8) is 0 Å². The summed E-state index contributed by atoms with van der Waals surface area (Å²) in [5.74, 6) is 1.31. The number of fused-ring (bicyclic) bond motifs is 1. The highest BCUT2D eigenvalue weighted by Crippen LogP contribution is 2.22. The molecule has 2 aliphatic heterocycles. The van der Waals surface area contributed by atoms with E-state index < -0.39 is 6.04 Å². The molecule has 3 heterocycles. The minimum atomic E-state index is -0.399. The van der Waals surface area contributed by atoms with Gasteiger partial charge in [0.2, 0.25) is 5.91 Å². The molecular weight excluding hydrogens is 399 g/mol. The number of piperazine rings is 1. The lowest BCUT2D eigenvalue weighted by Crippen LogP contribution is -2.55. The van der Waals surface area contributed by atoms with Crippen molar-refractivity contribution >= 4 is 47.4 Å². The van der Waals surface area contributed by atoms with Crippen molar-refractivity contribution in [1.29, 1.82) is 0 Å². The Bertz CT molecular complexity index is 778. The molecule has 1 aromatic carbocycles. The van der Waals surface area contributed by atoms with Crippen LogP contribution in [0.4, 0.5) is 5.82 Å². The first-order valence-corrected chi connectivity index (χ1v) is 9.45. The van der Waals surface area contributed by atoms with Crippen LogP contribution in [0.3, 0.4) is 0 Å². The number of carbonyl (C=O) groups excluding carboxylic acids is 1. The van der Waals surface area contributed by atoms with Gasteiger partial charge >= 0.3 is 0 Å². The molecule has 0 bridgehead atoms. The van der Waals surface area contributed by atoms with Gasteiger partial charge in [0.1, 0.15) is 5.82 Å². The van der Waals surface area contributed by atoms with E-state index in [1.54, 1.807) is 0 Å². The van der Waals surface area contributed by atoms with E-state index in [2.05, 4.69) is 23.1 Å². The summed E-state index contributed by atoms with van der Waals surface area (Å²) < 4.78 is 5.37. The summed E-state index contributed by atoms with van der Waals surface area (Å²) in [7, 11) is 0. The number of halogens is 2. The van der Waals surface area contributed by atoms with E-state index in [0.29, 0.717) is 26.3 Å². The maximum Gasteiger partial charge on any atom is 0.239 e. The number of nitrogens with two attached hydrogens (primary N) is 1. The smallest absolute Gasteiger partial charge is 0.239 e. The molecule has 0 aliphatic carbocycles. The molecular formula is C20H28Cl2N4O2. The van der Waals surface area contributed by atoms with Crippen molar-refractivity contribution < 1.29 is 9.53 Å². The number of nitrogens with zero attached hydrogens (tertiary/aromatic N) is 3. The fourth-order valence-electron chi connectivity index (χ4n) is 3.87. The first-order chi connectivity index (χ1) is 12.7. The lowest BCUT2D eigenvalue weighted by molar-refractivity contribution is -0.135. The van der Waals surface area contributed by atoms with Crippen molar-refractivity contribution in [1.82, 2.24) is 9.88 Å². The zero-order valence-corrected chi connectivity index (χ0v) is 17.5. The number of pyridine rings is 1. The van der Waals surface area contributed by atoms with Crippen molar-refractivity contribution in [2.45, 2.75) is 18.9 Å². The molecule has 4 rings (SSSR count). The molecule has 2 aromatic rings. The first kappa shape index (κ1) is 22.7. The number of carbonyl (C=O) groups is 1. The lowest BCUT2D eigenvalue weighted by atomic mass is 9.91. The fraction of sp³-hybridized carbons (Fsp3) is 0.500. The molecule has 2 fully saturated rings. The second-order valence-electron chi connectivity index (χ2n) is 7.15. The van der Waals surface area contributed by atoms with Crippen molar-refractivity contribution in [3.8, 4) is 0 Å². The summed E-state index contributed by atoms with van der Waals surface area (Å²) in [4.78, 5) is 21.7.